The number of fused-ring (bicyclic) bond motifs is 1. The van der Waals surface area contributed by atoms with Gasteiger partial charge in [-0.15, -0.1) is 0 Å². The fourth-order valence-electron chi connectivity index (χ4n) is 3.48. The van der Waals surface area contributed by atoms with E-state index in [4.69, 9.17) is 9.47 Å². The minimum Gasteiger partial charge on any atom is -0.493 e. The van der Waals surface area contributed by atoms with Crippen LogP contribution in [0.1, 0.15) is 13.8 Å². The lowest BCUT2D eigenvalue weighted by atomic mass is 10.2. The first-order valence-electron chi connectivity index (χ1n) is 10.0. The van der Waals surface area contributed by atoms with Crippen molar-refractivity contribution in [2.45, 2.75) is 25.3 Å². The molecule has 10 heteroatoms. The van der Waals surface area contributed by atoms with Crippen LogP contribution in [0.5, 0.6) is 11.5 Å². The molecule has 3 aromatic rings. The number of anilines is 1. The van der Waals surface area contributed by atoms with E-state index < -0.39 is 20.7 Å². The summed E-state index contributed by atoms with van der Waals surface area (Å²) in [5.74, 6) is -0.774. The van der Waals surface area contributed by atoms with Crippen molar-refractivity contribution in [3.05, 3.63) is 48.4 Å². The molecule has 1 N–H and O–H groups in total. The summed E-state index contributed by atoms with van der Waals surface area (Å²) in [6.07, 6.45) is 1.78. The Balaban J connectivity index is 1.88. The molecule has 2 aromatic carbocycles. The number of benzene rings is 2. The van der Waals surface area contributed by atoms with Crippen LogP contribution >= 0.6 is 0 Å². The highest BCUT2D eigenvalue weighted by molar-refractivity contribution is 7.92. The molecule has 8 nitrogen and oxygen atoms in total. The molecule has 0 fully saturated rings. The SMILES string of the molecule is CCN(CC)C(=O)Cn1ccc2cc(NS(=O)(=O)c3cc(OC)c(OC)cc3F)ccc21. The van der Waals surface area contributed by atoms with E-state index in [0.717, 1.165) is 23.0 Å². The van der Waals surface area contributed by atoms with Gasteiger partial charge in [0, 0.05) is 48.0 Å². The molecule has 3 rings (SSSR count). The van der Waals surface area contributed by atoms with E-state index >= 15 is 0 Å². The molecule has 0 atom stereocenters. The lowest BCUT2D eigenvalue weighted by Crippen LogP contribution is -2.33. The fourth-order valence-corrected chi connectivity index (χ4v) is 4.60. The van der Waals surface area contributed by atoms with Crippen molar-refractivity contribution < 1.29 is 27.1 Å². The van der Waals surface area contributed by atoms with Crippen LogP contribution in [0.15, 0.2) is 47.5 Å². The Kier molecular flexibility index (Phi) is 6.93. The van der Waals surface area contributed by atoms with Crippen LogP contribution in [0.25, 0.3) is 10.9 Å². The number of carbonyl (C=O) groups is 1. The fraction of sp³-hybridized carbons (Fsp3) is 0.318. The van der Waals surface area contributed by atoms with Crippen LogP contribution in [-0.2, 0) is 21.4 Å². The van der Waals surface area contributed by atoms with E-state index in [1.54, 1.807) is 35.4 Å². The molecular weight excluding hydrogens is 437 g/mol. The number of halogens is 1. The van der Waals surface area contributed by atoms with Crippen molar-refractivity contribution in [3.8, 4) is 11.5 Å². The molecule has 0 saturated heterocycles. The molecule has 1 amide bonds. The van der Waals surface area contributed by atoms with E-state index in [1.165, 1.54) is 14.2 Å². The zero-order valence-corrected chi connectivity index (χ0v) is 19.2. The zero-order valence-electron chi connectivity index (χ0n) is 18.4. The third-order valence-corrected chi connectivity index (χ3v) is 6.57. The molecule has 1 aromatic heterocycles. The largest absolute Gasteiger partial charge is 0.493 e. The lowest BCUT2D eigenvalue weighted by Gasteiger charge is -2.19. The van der Waals surface area contributed by atoms with Crippen LogP contribution < -0.4 is 14.2 Å². The number of methoxy groups -OCH3 is 2. The van der Waals surface area contributed by atoms with Gasteiger partial charge in [-0.2, -0.15) is 0 Å². The Morgan fingerprint density at radius 2 is 1.72 bits per heavy atom. The monoisotopic (exact) mass is 463 g/mol. The van der Waals surface area contributed by atoms with Crippen LogP contribution in [0, 0.1) is 5.82 Å². The maximum atomic E-state index is 14.5. The second kappa shape index (κ2) is 9.47. The van der Waals surface area contributed by atoms with E-state index in [2.05, 4.69) is 4.72 Å². The average molecular weight is 464 g/mol. The van der Waals surface area contributed by atoms with E-state index in [9.17, 15) is 17.6 Å². The maximum Gasteiger partial charge on any atom is 0.264 e. The number of carbonyl (C=O) groups excluding carboxylic acids is 1. The van der Waals surface area contributed by atoms with Crippen LogP contribution in [0.2, 0.25) is 0 Å². The van der Waals surface area contributed by atoms with Gasteiger partial charge in [0.1, 0.15) is 17.3 Å². The first-order chi connectivity index (χ1) is 15.2. The number of amides is 1. The van der Waals surface area contributed by atoms with E-state index in [0.29, 0.717) is 13.1 Å². The number of sulfonamides is 1. The predicted octanol–water partition coefficient (Wildman–Crippen LogP) is 3.47. The first-order valence-corrected chi connectivity index (χ1v) is 11.5. The molecule has 0 aliphatic carbocycles. The minimum absolute atomic E-state index is 0.00112. The standard InChI is InChI=1S/C22H26FN3O5S/c1-5-25(6-2)22(27)14-26-10-9-15-11-16(7-8-18(15)26)24-32(28,29)21-13-20(31-4)19(30-3)12-17(21)23/h7-13,24H,5-6,14H2,1-4H3. The summed E-state index contributed by atoms with van der Waals surface area (Å²) in [6.45, 7) is 5.30. The smallest absolute Gasteiger partial charge is 0.264 e. The third kappa shape index (κ3) is 4.64. The van der Waals surface area contributed by atoms with Crippen molar-refractivity contribution in [2.24, 2.45) is 0 Å². The summed E-state index contributed by atoms with van der Waals surface area (Å²) < 4.78 is 54.4. The highest BCUT2D eigenvalue weighted by atomic mass is 32.2. The average Bonchev–Trinajstić information content (AvgIpc) is 3.15. The second-order valence-electron chi connectivity index (χ2n) is 7.03. The van der Waals surface area contributed by atoms with Gasteiger partial charge in [0.05, 0.1) is 14.2 Å². The van der Waals surface area contributed by atoms with Gasteiger partial charge in [0.2, 0.25) is 5.91 Å². The summed E-state index contributed by atoms with van der Waals surface area (Å²) in [4.78, 5) is 13.6. The van der Waals surface area contributed by atoms with E-state index in [-0.39, 0.29) is 29.6 Å². The first kappa shape index (κ1) is 23.4. The minimum atomic E-state index is -4.23. The van der Waals surface area contributed by atoms with Crippen molar-refractivity contribution in [3.63, 3.8) is 0 Å². The number of likely N-dealkylation sites (N-methyl/N-ethyl adjacent to an activating group) is 1. The Morgan fingerprint density at radius 3 is 2.34 bits per heavy atom. The molecular formula is C22H26FN3O5S. The highest BCUT2D eigenvalue weighted by Crippen LogP contribution is 2.33. The lowest BCUT2D eigenvalue weighted by molar-refractivity contribution is -0.131. The van der Waals surface area contributed by atoms with Crippen molar-refractivity contribution in [1.29, 1.82) is 0 Å². The predicted molar refractivity (Wildman–Crippen MR) is 120 cm³/mol. The molecule has 172 valence electrons. The Bertz CT molecular complexity index is 1240. The van der Waals surface area contributed by atoms with Crippen LogP contribution in [0.4, 0.5) is 10.1 Å². The number of hydrogen-bond donors (Lipinski definition) is 1. The Morgan fingerprint density at radius 1 is 1.06 bits per heavy atom. The van der Waals surface area contributed by atoms with Gasteiger partial charge in [-0.3, -0.25) is 9.52 Å². The van der Waals surface area contributed by atoms with Gasteiger partial charge in [0.25, 0.3) is 10.0 Å². The quantitative estimate of drug-likeness (QED) is 0.525. The number of nitrogens with zero attached hydrogens (tertiary/aromatic N) is 2. The van der Waals surface area contributed by atoms with Gasteiger partial charge >= 0.3 is 0 Å². The molecule has 0 aliphatic heterocycles. The number of hydrogen-bond acceptors (Lipinski definition) is 5. The number of rotatable bonds is 9. The number of aromatic nitrogens is 1. The summed E-state index contributed by atoms with van der Waals surface area (Å²) >= 11 is 0. The molecule has 0 spiro atoms. The van der Waals surface area contributed by atoms with Crippen molar-refractivity contribution in [2.75, 3.05) is 32.0 Å². The summed E-state index contributed by atoms with van der Waals surface area (Å²) in [6, 6.07) is 8.74. The summed E-state index contributed by atoms with van der Waals surface area (Å²) in [5.41, 5.74) is 1.05. The molecule has 0 aliphatic rings. The molecule has 32 heavy (non-hydrogen) atoms. The molecule has 0 saturated carbocycles. The highest BCUT2D eigenvalue weighted by Gasteiger charge is 2.23. The van der Waals surface area contributed by atoms with Gasteiger partial charge in [-0.1, -0.05) is 0 Å². The van der Waals surface area contributed by atoms with Gasteiger partial charge in [-0.05, 0) is 38.1 Å². The summed E-state index contributed by atoms with van der Waals surface area (Å²) in [5, 5.41) is 0.741. The van der Waals surface area contributed by atoms with Gasteiger partial charge < -0.3 is 18.9 Å². The molecule has 1 heterocycles. The Hall–Kier alpha value is -3.27. The molecule has 0 unspecified atom stereocenters. The van der Waals surface area contributed by atoms with Crippen molar-refractivity contribution in [1.82, 2.24) is 9.47 Å². The van der Waals surface area contributed by atoms with Crippen molar-refractivity contribution >= 4 is 32.5 Å². The summed E-state index contributed by atoms with van der Waals surface area (Å²) in [7, 11) is -1.56. The normalized spacial score (nSPS) is 11.4. The number of ether oxygens (including phenoxy) is 2. The number of nitrogens with one attached hydrogen (secondary N) is 1. The molecule has 0 radical (unpaired) electrons. The van der Waals surface area contributed by atoms with Crippen LogP contribution in [0.3, 0.4) is 0 Å². The topological polar surface area (TPSA) is 89.9 Å². The van der Waals surface area contributed by atoms with E-state index in [1.807, 2.05) is 18.4 Å². The third-order valence-electron chi connectivity index (χ3n) is 5.17. The Labute approximate surface area is 186 Å². The second-order valence-corrected chi connectivity index (χ2v) is 8.68. The maximum absolute atomic E-state index is 14.5. The van der Waals surface area contributed by atoms with Crippen LogP contribution in [-0.4, -0.2) is 51.1 Å². The zero-order chi connectivity index (χ0) is 23.5. The molecule has 0 bridgehead atoms. The van der Waals surface area contributed by atoms with Gasteiger partial charge in [0.15, 0.2) is 11.5 Å². The van der Waals surface area contributed by atoms with Gasteiger partial charge in [-0.25, -0.2) is 12.8 Å².